The van der Waals surface area contributed by atoms with Crippen LogP contribution in [0.3, 0.4) is 0 Å². The van der Waals surface area contributed by atoms with Gasteiger partial charge in [-0.15, -0.1) is 0 Å². The molecule has 0 aliphatic carbocycles. The molecule has 4 nitrogen and oxygen atoms in total. The number of likely N-dealkylation sites (N-methyl/N-ethyl adjacent to an activating group) is 1. The number of hydrogen-bond donors (Lipinski definition) is 2. The van der Waals surface area contributed by atoms with Gasteiger partial charge >= 0.3 is 0 Å². The molecule has 0 radical (unpaired) electrons. The third-order valence-corrected chi connectivity index (χ3v) is 1.87. The number of aromatic nitrogens is 1. The number of ether oxygens (including phenoxy) is 1. The molecule has 0 unspecified atom stereocenters. The van der Waals surface area contributed by atoms with Crippen LogP contribution in [0.15, 0.2) is 18.2 Å². The molecule has 0 atom stereocenters. The van der Waals surface area contributed by atoms with Gasteiger partial charge in [0.2, 0.25) is 5.88 Å². The Morgan fingerprint density at radius 1 is 1.27 bits per heavy atom. The van der Waals surface area contributed by atoms with Gasteiger partial charge in [-0.2, -0.15) is 4.98 Å². The SMILES string of the molecule is CCNCCNc1cccc(OCC)n1. The molecule has 2 N–H and O–H groups in total. The molecular weight excluding hydrogens is 190 g/mol. The van der Waals surface area contributed by atoms with E-state index in [9.17, 15) is 0 Å². The summed E-state index contributed by atoms with van der Waals surface area (Å²) in [5.74, 6) is 1.53. The van der Waals surface area contributed by atoms with Crippen molar-refractivity contribution in [2.45, 2.75) is 13.8 Å². The van der Waals surface area contributed by atoms with Crippen LogP contribution in [0.4, 0.5) is 5.82 Å². The number of rotatable bonds is 7. The highest BCUT2D eigenvalue weighted by atomic mass is 16.5. The molecule has 0 saturated heterocycles. The quantitative estimate of drug-likeness (QED) is 0.668. The second-order valence-corrected chi connectivity index (χ2v) is 3.07. The lowest BCUT2D eigenvalue weighted by atomic mass is 10.4. The average Bonchev–Trinajstić information content (AvgIpc) is 2.26. The highest BCUT2D eigenvalue weighted by molar-refractivity contribution is 5.36. The summed E-state index contributed by atoms with van der Waals surface area (Å²) in [6.07, 6.45) is 0. The van der Waals surface area contributed by atoms with Crippen molar-refractivity contribution >= 4 is 5.82 Å². The molecule has 1 heterocycles. The number of hydrogen-bond acceptors (Lipinski definition) is 4. The van der Waals surface area contributed by atoms with E-state index in [-0.39, 0.29) is 0 Å². The molecule has 15 heavy (non-hydrogen) atoms. The highest BCUT2D eigenvalue weighted by Gasteiger charge is 1.96. The lowest BCUT2D eigenvalue weighted by molar-refractivity contribution is 0.327. The van der Waals surface area contributed by atoms with Crippen molar-refractivity contribution in [1.82, 2.24) is 10.3 Å². The van der Waals surface area contributed by atoms with E-state index in [2.05, 4.69) is 22.5 Å². The molecule has 0 saturated carbocycles. The summed E-state index contributed by atoms with van der Waals surface area (Å²) in [7, 11) is 0. The zero-order valence-corrected chi connectivity index (χ0v) is 9.42. The van der Waals surface area contributed by atoms with Gasteiger partial charge in [0, 0.05) is 19.2 Å². The third-order valence-electron chi connectivity index (χ3n) is 1.87. The van der Waals surface area contributed by atoms with Gasteiger partial charge in [-0.1, -0.05) is 13.0 Å². The van der Waals surface area contributed by atoms with Crippen LogP contribution in [0.1, 0.15) is 13.8 Å². The summed E-state index contributed by atoms with van der Waals surface area (Å²) in [5, 5.41) is 6.46. The van der Waals surface area contributed by atoms with Crippen LogP contribution in [-0.4, -0.2) is 31.2 Å². The van der Waals surface area contributed by atoms with E-state index < -0.39 is 0 Å². The molecule has 1 rings (SSSR count). The van der Waals surface area contributed by atoms with Crippen LogP contribution in [0.25, 0.3) is 0 Å². The predicted molar refractivity (Wildman–Crippen MR) is 62.4 cm³/mol. The summed E-state index contributed by atoms with van der Waals surface area (Å²) in [6.45, 7) is 7.50. The van der Waals surface area contributed by atoms with E-state index >= 15 is 0 Å². The minimum Gasteiger partial charge on any atom is -0.478 e. The first kappa shape index (κ1) is 11.8. The van der Waals surface area contributed by atoms with Crippen LogP contribution in [0, 0.1) is 0 Å². The van der Waals surface area contributed by atoms with Crippen molar-refractivity contribution in [3.8, 4) is 5.88 Å². The molecule has 4 heteroatoms. The summed E-state index contributed by atoms with van der Waals surface area (Å²) in [4.78, 5) is 4.30. The molecule has 1 aromatic rings. The van der Waals surface area contributed by atoms with Gasteiger partial charge in [-0.3, -0.25) is 0 Å². The van der Waals surface area contributed by atoms with Crippen LogP contribution < -0.4 is 15.4 Å². The second kappa shape index (κ2) is 7.06. The fraction of sp³-hybridized carbons (Fsp3) is 0.545. The maximum absolute atomic E-state index is 5.31. The van der Waals surface area contributed by atoms with Gasteiger partial charge < -0.3 is 15.4 Å². The number of nitrogens with one attached hydrogen (secondary N) is 2. The molecule has 0 fully saturated rings. The molecule has 0 amide bonds. The number of nitrogens with zero attached hydrogens (tertiary/aromatic N) is 1. The van der Waals surface area contributed by atoms with Gasteiger partial charge in [0.05, 0.1) is 6.61 Å². The van der Waals surface area contributed by atoms with Gasteiger partial charge in [-0.25, -0.2) is 0 Å². The monoisotopic (exact) mass is 209 g/mol. The zero-order chi connectivity index (χ0) is 10.9. The molecule has 0 bridgehead atoms. The Morgan fingerprint density at radius 2 is 2.13 bits per heavy atom. The summed E-state index contributed by atoms with van der Waals surface area (Å²) >= 11 is 0. The van der Waals surface area contributed by atoms with Crippen LogP contribution >= 0.6 is 0 Å². The van der Waals surface area contributed by atoms with Crippen molar-refractivity contribution < 1.29 is 4.74 Å². The second-order valence-electron chi connectivity index (χ2n) is 3.07. The van der Waals surface area contributed by atoms with Crippen LogP contribution in [0.2, 0.25) is 0 Å². The molecule has 0 aliphatic heterocycles. The minimum atomic E-state index is 0.647. The van der Waals surface area contributed by atoms with E-state index in [0.29, 0.717) is 12.5 Å². The van der Waals surface area contributed by atoms with Gasteiger partial charge in [0.15, 0.2) is 0 Å². The third kappa shape index (κ3) is 4.65. The minimum absolute atomic E-state index is 0.647. The molecular formula is C11H19N3O. The first-order chi connectivity index (χ1) is 7.36. The smallest absolute Gasteiger partial charge is 0.215 e. The van der Waals surface area contributed by atoms with Crippen molar-refractivity contribution in [3.63, 3.8) is 0 Å². The summed E-state index contributed by atoms with van der Waals surface area (Å²) in [6, 6.07) is 5.74. The largest absolute Gasteiger partial charge is 0.478 e. The van der Waals surface area contributed by atoms with E-state index in [0.717, 1.165) is 25.5 Å². The molecule has 0 aromatic carbocycles. The first-order valence-electron chi connectivity index (χ1n) is 5.41. The lowest BCUT2D eigenvalue weighted by Crippen LogP contribution is -2.21. The Balaban J connectivity index is 2.36. The lowest BCUT2D eigenvalue weighted by Gasteiger charge is -2.07. The van der Waals surface area contributed by atoms with Crippen LogP contribution in [-0.2, 0) is 0 Å². The Hall–Kier alpha value is -1.29. The molecule has 0 aliphatic rings. The summed E-state index contributed by atoms with van der Waals surface area (Å²) in [5.41, 5.74) is 0. The maximum atomic E-state index is 5.31. The Labute approximate surface area is 91.1 Å². The van der Waals surface area contributed by atoms with Crippen LogP contribution in [0.5, 0.6) is 5.88 Å². The molecule has 0 spiro atoms. The first-order valence-corrected chi connectivity index (χ1v) is 5.41. The van der Waals surface area contributed by atoms with E-state index in [1.807, 2.05) is 25.1 Å². The fourth-order valence-electron chi connectivity index (χ4n) is 1.20. The van der Waals surface area contributed by atoms with Gasteiger partial charge in [-0.05, 0) is 19.5 Å². The van der Waals surface area contributed by atoms with Gasteiger partial charge in [0.25, 0.3) is 0 Å². The Bertz CT molecular complexity index is 278. The van der Waals surface area contributed by atoms with E-state index in [4.69, 9.17) is 4.74 Å². The highest BCUT2D eigenvalue weighted by Crippen LogP contribution is 2.10. The summed E-state index contributed by atoms with van der Waals surface area (Å²) < 4.78 is 5.31. The Kier molecular flexibility index (Phi) is 5.55. The molecule has 84 valence electrons. The van der Waals surface area contributed by atoms with Crippen molar-refractivity contribution in [2.75, 3.05) is 31.6 Å². The number of pyridine rings is 1. The van der Waals surface area contributed by atoms with Crippen molar-refractivity contribution in [2.24, 2.45) is 0 Å². The average molecular weight is 209 g/mol. The molecule has 1 aromatic heterocycles. The van der Waals surface area contributed by atoms with E-state index in [1.54, 1.807) is 0 Å². The zero-order valence-electron chi connectivity index (χ0n) is 9.42. The fourth-order valence-corrected chi connectivity index (χ4v) is 1.20. The normalized spacial score (nSPS) is 10.0. The standard InChI is InChI=1S/C11H19N3O/c1-3-12-8-9-13-10-6-5-7-11(14-10)15-4-2/h5-7,12H,3-4,8-9H2,1-2H3,(H,13,14). The van der Waals surface area contributed by atoms with Gasteiger partial charge in [0.1, 0.15) is 5.82 Å². The van der Waals surface area contributed by atoms with E-state index in [1.165, 1.54) is 0 Å². The maximum Gasteiger partial charge on any atom is 0.215 e. The number of anilines is 1. The van der Waals surface area contributed by atoms with Crippen molar-refractivity contribution in [1.29, 1.82) is 0 Å². The Morgan fingerprint density at radius 3 is 2.87 bits per heavy atom. The topological polar surface area (TPSA) is 46.2 Å². The predicted octanol–water partition coefficient (Wildman–Crippen LogP) is 1.50. The van der Waals surface area contributed by atoms with Crippen molar-refractivity contribution in [3.05, 3.63) is 18.2 Å².